The fraction of sp³-hybridized carbons (Fsp3) is 0.545. The lowest BCUT2D eigenvalue weighted by molar-refractivity contribution is -0.132. The Hall–Kier alpha value is -3.38. The van der Waals surface area contributed by atoms with Gasteiger partial charge < -0.3 is 30.3 Å². The molecule has 12 heteroatoms. The van der Waals surface area contributed by atoms with Gasteiger partial charge in [0.2, 0.25) is 0 Å². The van der Waals surface area contributed by atoms with Crippen LogP contribution in [0, 0.1) is 0 Å². The van der Waals surface area contributed by atoms with Gasteiger partial charge in [0.15, 0.2) is 0 Å². The Balaban J connectivity index is 1.47. The Morgan fingerprint density at radius 2 is 1.18 bits per heavy atom. The molecule has 0 radical (unpaired) electrons. The lowest BCUT2D eigenvalue weighted by Crippen LogP contribution is -2.42. The maximum absolute atomic E-state index is 12.2. The molecular formula is C22H30N4O8. The number of nitrogens with one attached hydrogen (secondary N) is 2. The number of nitrogens with zero attached hydrogens (tertiary/aromatic N) is 2. The smallest absolute Gasteiger partial charge is 0.325 e. The second kappa shape index (κ2) is 9.47. The Morgan fingerprint density at radius 3 is 1.50 bits per heavy atom. The van der Waals surface area contributed by atoms with Gasteiger partial charge in [0.05, 0.1) is 13.1 Å². The number of carbonyl (C=O) groups excluding carboxylic acids is 4. The molecule has 2 atom stereocenters. The van der Waals surface area contributed by atoms with Gasteiger partial charge in [-0.1, -0.05) is 6.07 Å². The molecule has 0 saturated carbocycles. The van der Waals surface area contributed by atoms with Crippen LogP contribution in [0.5, 0.6) is 11.5 Å². The number of hydrogen-bond donors (Lipinski definition) is 4. The van der Waals surface area contributed by atoms with Crippen molar-refractivity contribution in [1.29, 1.82) is 0 Å². The zero-order chi connectivity index (χ0) is 25.3. The number of rotatable bonds is 10. The summed E-state index contributed by atoms with van der Waals surface area (Å²) < 4.78 is 11.1. The van der Waals surface area contributed by atoms with E-state index >= 15 is 0 Å². The normalized spacial score (nSPS) is 20.8. The summed E-state index contributed by atoms with van der Waals surface area (Å²) in [4.78, 5) is 50.1. The van der Waals surface area contributed by atoms with Gasteiger partial charge in [0.25, 0.3) is 11.8 Å². The summed E-state index contributed by atoms with van der Waals surface area (Å²) >= 11 is 0. The summed E-state index contributed by atoms with van der Waals surface area (Å²) in [5.74, 6) is -0.136. The van der Waals surface area contributed by atoms with E-state index in [9.17, 15) is 29.4 Å². The number of hydrogen-bond acceptors (Lipinski definition) is 8. The Morgan fingerprint density at radius 1 is 0.794 bits per heavy atom. The van der Waals surface area contributed by atoms with Crippen LogP contribution in [0.3, 0.4) is 0 Å². The van der Waals surface area contributed by atoms with Crippen LogP contribution in [0.25, 0.3) is 0 Å². The summed E-state index contributed by atoms with van der Waals surface area (Å²) in [5.41, 5.74) is -2.04. The van der Waals surface area contributed by atoms with E-state index in [1.807, 2.05) is 0 Å². The SMILES string of the molecule is CC1(C)NC(=O)N(CC(O)COc2cccc(OCC(O)CN3C(=O)NC(C)(C)C3=O)c2)C1=O. The fourth-order valence-electron chi connectivity index (χ4n) is 3.53. The molecule has 2 saturated heterocycles. The van der Waals surface area contributed by atoms with Crippen LogP contribution in [0.4, 0.5) is 9.59 Å². The van der Waals surface area contributed by atoms with Gasteiger partial charge in [-0.3, -0.25) is 19.4 Å². The number of β-amino-alcohol motifs (C(OH)–C–C–N with tert-alkyl or cyclic N) is 2. The minimum absolute atomic E-state index is 0.175. The molecule has 2 unspecified atom stereocenters. The van der Waals surface area contributed by atoms with Crippen molar-refractivity contribution in [3.05, 3.63) is 24.3 Å². The van der Waals surface area contributed by atoms with Gasteiger partial charge >= 0.3 is 12.1 Å². The topological polar surface area (TPSA) is 158 Å². The first-order chi connectivity index (χ1) is 15.8. The van der Waals surface area contributed by atoms with E-state index in [0.717, 1.165) is 9.80 Å². The molecule has 6 amide bonds. The second-order valence-corrected chi connectivity index (χ2v) is 9.35. The highest BCUT2D eigenvalue weighted by atomic mass is 16.5. The molecule has 0 spiro atoms. The van der Waals surface area contributed by atoms with E-state index in [2.05, 4.69) is 10.6 Å². The highest BCUT2D eigenvalue weighted by Crippen LogP contribution is 2.21. The standard InChI is InChI=1S/C22H30N4O8/c1-21(2)17(29)25(19(31)23-21)9-13(27)11-33-15-6-5-7-16(8-15)34-12-14(28)10-26-18(30)22(3,4)24-20(26)32/h5-8,13-14,27-28H,9-12H2,1-4H3,(H,23,31)(H,24,32). The molecule has 2 aliphatic heterocycles. The first-order valence-corrected chi connectivity index (χ1v) is 10.8. The molecule has 186 valence electrons. The first kappa shape index (κ1) is 25.2. The van der Waals surface area contributed by atoms with Crippen molar-refractivity contribution in [2.45, 2.75) is 51.0 Å². The van der Waals surface area contributed by atoms with Crippen molar-refractivity contribution in [2.24, 2.45) is 0 Å². The monoisotopic (exact) mass is 478 g/mol. The molecule has 1 aromatic carbocycles. The quantitative estimate of drug-likeness (QED) is 0.338. The number of urea groups is 2. The Kier molecular flexibility index (Phi) is 7.03. The van der Waals surface area contributed by atoms with E-state index < -0.39 is 47.2 Å². The highest BCUT2D eigenvalue weighted by Gasteiger charge is 2.45. The maximum Gasteiger partial charge on any atom is 0.325 e. The van der Waals surface area contributed by atoms with Crippen molar-refractivity contribution in [2.75, 3.05) is 26.3 Å². The summed E-state index contributed by atoms with van der Waals surface area (Å²) in [6.07, 6.45) is -2.22. The second-order valence-electron chi connectivity index (χ2n) is 9.35. The molecule has 0 aromatic heterocycles. The van der Waals surface area contributed by atoms with Crippen molar-refractivity contribution in [1.82, 2.24) is 20.4 Å². The number of imide groups is 2. The third-order valence-electron chi connectivity index (χ3n) is 5.37. The number of carbonyl (C=O) groups is 4. The number of ether oxygens (including phenoxy) is 2. The van der Waals surface area contributed by atoms with Gasteiger partial charge in [-0.2, -0.15) is 0 Å². The van der Waals surface area contributed by atoms with Crippen molar-refractivity contribution in [3.8, 4) is 11.5 Å². The van der Waals surface area contributed by atoms with Crippen molar-refractivity contribution < 1.29 is 38.9 Å². The van der Waals surface area contributed by atoms with Gasteiger partial charge in [0, 0.05) is 6.07 Å². The van der Waals surface area contributed by atoms with E-state index in [4.69, 9.17) is 9.47 Å². The molecular weight excluding hydrogens is 448 g/mol. The zero-order valence-electron chi connectivity index (χ0n) is 19.5. The summed E-state index contributed by atoms with van der Waals surface area (Å²) in [6.45, 7) is 5.55. The predicted octanol–water partition coefficient (Wildman–Crippen LogP) is -0.173. The summed E-state index contributed by atoms with van der Waals surface area (Å²) in [7, 11) is 0. The van der Waals surface area contributed by atoms with Crippen LogP contribution < -0.4 is 20.1 Å². The van der Waals surface area contributed by atoms with Crippen LogP contribution in [-0.4, -0.2) is 93.5 Å². The molecule has 4 N–H and O–H groups in total. The fourth-order valence-corrected chi connectivity index (χ4v) is 3.53. The Labute approximate surface area is 196 Å². The minimum Gasteiger partial charge on any atom is -0.491 e. The van der Waals surface area contributed by atoms with E-state index in [-0.39, 0.29) is 26.3 Å². The van der Waals surface area contributed by atoms with E-state index in [1.54, 1.807) is 45.9 Å². The number of aliphatic hydroxyl groups excluding tert-OH is 2. The molecule has 2 heterocycles. The summed E-state index contributed by atoms with van der Waals surface area (Å²) in [6, 6.07) is 5.29. The van der Waals surface area contributed by atoms with Crippen LogP contribution in [0.15, 0.2) is 24.3 Å². The highest BCUT2D eigenvalue weighted by molar-refractivity contribution is 6.07. The Bertz CT molecular complexity index is 906. The van der Waals surface area contributed by atoms with Crippen LogP contribution >= 0.6 is 0 Å². The molecule has 3 rings (SSSR count). The third kappa shape index (κ3) is 5.57. The third-order valence-corrected chi connectivity index (χ3v) is 5.37. The predicted molar refractivity (Wildman–Crippen MR) is 118 cm³/mol. The molecule has 1 aromatic rings. The molecule has 0 bridgehead atoms. The van der Waals surface area contributed by atoms with Gasteiger partial charge in [0.1, 0.15) is 48.0 Å². The first-order valence-electron chi connectivity index (χ1n) is 10.8. The van der Waals surface area contributed by atoms with Crippen LogP contribution in [0.2, 0.25) is 0 Å². The van der Waals surface area contributed by atoms with E-state index in [0.29, 0.717) is 11.5 Å². The van der Waals surface area contributed by atoms with E-state index in [1.165, 1.54) is 6.07 Å². The minimum atomic E-state index is -1.11. The molecule has 34 heavy (non-hydrogen) atoms. The lowest BCUT2D eigenvalue weighted by Gasteiger charge is -2.20. The molecule has 12 nitrogen and oxygen atoms in total. The largest absolute Gasteiger partial charge is 0.491 e. The average Bonchev–Trinajstić information content (AvgIpc) is 3.07. The van der Waals surface area contributed by atoms with Gasteiger partial charge in [-0.15, -0.1) is 0 Å². The van der Waals surface area contributed by atoms with Gasteiger partial charge in [-0.25, -0.2) is 9.59 Å². The van der Waals surface area contributed by atoms with Crippen molar-refractivity contribution in [3.63, 3.8) is 0 Å². The zero-order valence-corrected chi connectivity index (χ0v) is 19.5. The van der Waals surface area contributed by atoms with Crippen LogP contribution in [-0.2, 0) is 9.59 Å². The number of amides is 6. The van der Waals surface area contributed by atoms with Crippen molar-refractivity contribution >= 4 is 23.9 Å². The molecule has 2 aliphatic rings. The maximum atomic E-state index is 12.2. The number of aliphatic hydroxyl groups is 2. The van der Waals surface area contributed by atoms with Gasteiger partial charge in [-0.05, 0) is 39.8 Å². The average molecular weight is 479 g/mol. The summed E-state index contributed by atoms with van der Waals surface area (Å²) in [5, 5.41) is 25.5. The molecule has 0 aliphatic carbocycles. The van der Waals surface area contributed by atoms with Crippen LogP contribution in [0.1, 0.15) is 27.7 Å². The number of benzene rings is 1. The molecule has 2 fully saturated rings. The lowest BCUT2D eigenvalue weighted by atomic mass is 10.1.